The molecule has 0 aromatic carbocycles. The number of fused-ring (bicyclic) bond motifs is 1. The number of carbonyl (C=O) groups is 2. The van der Waals surface area contributed by atoms with E-state index in [1.165, 1.54) is 13.2 Å². The van der Waals surface area contributed by atoms with Gasteiger partial charge in [0, 0.05) is 7.11 Å². The minimum Gasteiger partial charge on any atom is -0.346 e. The van der Waals surface area contributed by atoms with Gasteiger partial charge >= 0.3 is 0 Å². The Kier molecular flexibility index (Phi) is 3.49. The smallest absolute Gasteiger partial charge is 0.247 e. The molecule has 1 saturated heterocycles. The van der Waals surface area contributed by atoms with Gasteiger partial charge in [0.25, 0.3) is 0 Å². The fourth-order valence-corrected chi connectivity index (χ4v) is 3.80. The number of rotatable bonds is 1. The van der Waals surface area contributed by atoms with E-state index in [4.69, 9.17) is 24.0 Å². The SMILES string of the molecule is CO[C@@]12OO[C@@]3(C=C1C(=O)C(C)(C)C(=O)C2(C)C)COC(C)(C)O3. The zero-order chi connectivity index (χ0) is 18.2. The highest BCUT2D eigenvalue weighted by Gasteiger charge is 2.70. The van der Waals surface area contributed by atoms with E-state index in [0.717, 1.165) is 0 Å². The van der Waals surface area contributed by atoms with Crippen LogP contribution in [0.5, 0.6) is 0 Å². The first-order valence-electron chi connectivity index (χ1n) is 7.93. The summed E-state index contributed by atoms with van der Waals surface area (Å²) in [6.07, 6.45) is 1.53. The van der Waals surface area contributed by atoms with Crippen LogP contribution in [0.1, 0.15) is 41.5 Å². The lowest BCUT2D eigenvalue weighted by Crippen LogP contribution is -2.67. The van der Waals surface area contributed by atoms with Gasteiger partial charge in [-0.1, -0.05) is 0 Å². The van der Waals surface area contributed by atoms with Crippen molar-refractivity contribution in [2.45, 2.75) is 58.9 Å². The maximum Gasteiger partial charge on any atom is 0.247 e. The van der Waals surface area contributed by atoms with E-state index in [9.17, 15) is 9.59 Å². The molecule has 2 heterocycles. The van der Waals surface area contributed by atoms with E-state index >= 15 is 0 Å². The molecule has 3 rings (SSSR count). The molecule has 0 radical (unpaired) electrons. The molecular formula is C17H24O7. The molecule has 3 aliphatic rings. The van der Waals surface area contributed by atoms with Crippen molar-refractivity contribution in [1.82, 2.24) is 0 Å². The topological polar surface area (TPSA) is 80.3 Å². The molecule has 1 spiro atoms. The van der Waals surface area contributed by atoms with Crippen LogP contribution in [0.4, 0.5) is 0 Å². The third-order valence-electron chi connectivity index (χ3n) is 5.12. The van der Waals surface area contributed by atoms with Crippen molar-refractivity contribution in [3.63, 3.8) is 0 Å². The van der Waals surface area contributed by atoms with Crippen LogP contribution in [0.2, 0.25) is 0 Å². The first-order valence-corrected chi connectivity index (χ1v) is 7.93. The molecule has 0 bridgehead atoms. The number of hydrogen-bond acceptors (Lipinski definition) is 7. The molecule has 2 aliphatic heterocycles. The molecule has 134 valence electrons. The third-order valence-corrected chi connectivity index (χ3v) is 5.12. The number of hydrogen-bond donors (Lipinski definition) is 0. The summed E-state index contributed by atoms with van der Waals surface area (Å²) in [6, 6.07) is 0. The lowest BCUT2D eigenvalue weighted by atomic mass is 9.57. The van der Waals surface area contributed by atoms with Crippen molar-refractivity contribution in [3.05, 3.63) is 11.6 Å². The average Bonchev–Trinajstić information content (AvgIpc) is 2.79. The van der Waals surface area contributed by atoms with Gasteiger partial charge in [-0.05, 0) is 47.6 Å². The normalized spacial score (nSPS) is 39.7. The standard InChI is InChI=1S/C17H24O7/c1-13(2)11(18)10-8-16(9-21-15(5,6)22-16)23-24-17(10,20-7)14(3,4)12(13)19/h8H,9H2,1-7H3/t16-,17+/m0/s1. The minimum atomic E-state index is -1.63. The van der Waals surface area contributed by atoms with Gasteiger partial charge in [-0.25, -0.2) is 0 Å². The van der Waals surface area contributed by atoms with Crippen molar-refractivity contribution in [2.24, 2.45) is 10.8 Å². The predicted molar refractivity (Wildman–Crippen MR) is 81.4 cm³/mol. The van der Waals surface area contributed by atoms with Crippen LogP contribution >= 0.6 is 0 Å². The second-order valence-electron chi connectivity index (χ2n) is 8.06. The Balaban J connectivity index is 2.18. The Hall–Kier alpha value is -1.12. The minimum absolute atomic E-state index is 0.0609. The monoisotopic (exact) mass is 340 g/mol. The number of ether oxygens (including phenoxy) is 3. The molecule has 1 aliphatic carbocycles. The van der Waals surface area contributed by atoms with Crippen molar-refractivity contribution in [1.29, 1.82) is 0 Å². The van der Waals surface area contributed by atoms with Gasteiger partial charge in [0.05, 0.1) is 16.4 Å². The Morgan fingerprint density at radius 3 is 2.17 bits per heavy atom. The molecule has 7 heteroatoms. The first-order chi connectivity index (χ1) is 10.8. The summed E-state index contributed by atoms with van der Waals surface area (Å²) in [6.45, 7) is 10.1. The summed E-state index contributed by atoms with van der Waals surface area (Å²) in [5.41, 5.74) is -2.12. The largest absolute Gasteiger partial charge is 0.346 e. The van der Waals surface area contributed by atoms with E-state index in [0.29, 0.717) is 0 Å². The van der Waals surface area contributed by atoms with E-state index in [1.54, 1.807) is 41.5 Å². The zero-order valence-electron chi connectivity index (χ0n) is 15.1. The lowest BCUT2D eigenvalue weighted by Gasteiger charge is -2.53. The van der Waals surface area contributed by atoms with E-state index < -0.39 is 28.2 Å². The molecule has 24 heavy (non-hydrogen) atoms. The van der Waals surface area contributed by atoms with Crippen LogP contribution < -0.4 is 0 Å². The highest BCUT2D eigenvalue weighted by atomic mass is 17.3. The van der Waals surface area contributed by atoms with Crippen molar-refractivity contribution in [3.8, 4) is 0 Å². The van der Waals surface area contributed by atoms with E-state index in [-0.39, 0.29) is 23.7 Å². The summed E-state index contributed by atoms with van der Waals surface area (Å²) >= 11 is 0. The lowest BCUT2D eigenvalue weighted by molar-refractivity contribution is -0.502. The highest BCUT2D eigenvalue weighted by Crippen LogP contribution is 2.55. The zero-order valence-corrected chi connectivity index (χ0v) is 15.1. The quantitative estimate of drug-likeness (QED) is 0.533. The Labute approximate surface area is 141 Å². The van der Waals surface area contributed by atoms with Crippen LogP contribution in [0.25, 0.3) is 0 Å². The molecule has 2 atom stereocenters. The molecule has 0 amide bonds. The Morgan fingerprint density at radius 1 is 1.04 bits per heavy atom. The van der Waals surface area contributed by atoms with E-state index in [1.807, 2.05) is 0 Å². The van der Waals surface area contributed by atoms with E-state index in [2.05, 4.69) is 0 Å². The molecule has 0 aromatic rings. The second kappa shape index (κ2) is 4.74. The Morgan fingerprint density at radius 2 is 1.67 bits per heavy atom. The molecule has 1 saturated carbocycles. The third kappa shape index (κ3) is 2.02. The number of methoxy groups -OCH3 is 1. The molecule has 0 unspecified atom stereocenters. The summed E-state index contributed by atoms with van der Waals surface area (Å²) in [4.78, 5) is 37.0. The maximum atomic E-state index is 13.0. The van der Waals surface area contributed by atoms with Crippen LogP contribution in [-0.4, -0.2) is 42.6 Å². The maximum absolute atomic E-state index is 13.0. The average molecular weight is 340 g/mol. The van der Waals surface area contributed by atoms with Crippen LogP contribution in [0.15, 0.2) is 11.6 Å². The second-order valence-corrected chi connectivity index (χ2v) is 8.06. The number of ketones is 2. The fraction of sp³-hybridized carbons (Fsp3) is 0.765. The van der Waals surface area contributed by atoms with Crippen molar-refractivity contribution < 1.29 is 33.6 Å². The number of carbonyl (C=O) groups excluding carboxylic acids is 2. The van der Waals surface area contributed by atoms with Gasteiger partial charge in [-0.3, -0.25) is 9.59 Å². The number of Topliss-reactive ketones (excluding diaryl/α,β-unsaturated/α-hetero) is 2. The summed E-state index contributed by atoms with van der Waals surface area (Å²) < 4.78 is 16.9. The summed E-state index contributed by atoms with van der Waals surface area (Å²) in [5, 5.41) is 0. The summed E-state index contributed by atoms with van der Waals surface area (Å²) in [5.74, 6) is -4.50. The van der Waals surface area contributed by atoms with Gasteiger partial charge in [0.15, 0.2) is 17.4 Å². The first kappa shape index (κ1) is 17.7. The molecule has 2 fully saturated rings. The van der Waals surface area contributed by atoms with Gasteiger partial charge in [0.1, 0.15) is 6.61 Å². The van der Waals surface area contributed by atoms with Crippen molar-refractivity contribution >= 4 is 11.6 Å². The molecular weight excluding hydrogens is 316 g/mol. The molecule has 7 nitrogen and oxygen atoms in total. The van der Waals surface area contributed by atoms with Gasteiger partial charge in [-0.15, -0.1) is 0 Å². The highest BCUT2D eigenvalue weighted by molar-refractivity contribution is 6.19. The van der Waals surface area contributed by atoms with Crippen LogP contribution in [0, 0.1) is 10.8 Å². The predicted octanol–water partition coefficient (Wildman–Crippen LogP) is 1.90. The van der Waals surface area contributed by atoms with Gasteiger partial charge in [0.2, 0.25) is 11.6 Å². The van der Waals surface area contributed by atoms with Crippen LogP contribution in [0.3, 0.4) is 0 Å². The van der Waals surface area contributed by atoms with Crippen LogP contribution in [-0.2, 0) is 33.6 Å². The molecule has 0 aromatic heterocycles. The van der Waals surface area contributed by atoms with Gasteiger partial charge in [-0.2, -0.15) is 9.78 Å². The molecule has 0 N–H and O–H groups in total. The fourth-order valence-electron chi connectivity index (χ4n) is 3.80. The Bertz CT molecular complexity index is 645. The summed E-state index contributed by atoms with van der Waals surface area (Å²) in [7, 11) is 1.38. The van der Waals surface area contributed by atoms with Gasteiger partial charge < -0.3 is 14.2 Å². The van der Waals surface area contributed by atoms with Crippen molar-refractivity contribution in [2.75, 3.05) is 13.7 Å².